The Bertz CT molecular complexity index is 2310. The highest BCUT2D eigenvalue weighted by molar-refractivity contribution is 7.80. The molecular weight excluding hydrogens is 1120 g/mol. The van der Waals surface area contributed by atoms with Crippen LogP contribution in [0, 0.1) is 0 Å². The van der Waals surface area contributed by atoms with Crippen molar-refractivity contribution in [1.29, 1.82) is 0 Å². The molecule has 0 aromatic rings. The molecule has 0 aliphatic heterocycles. The lowest BCUT2D eigenvalue weighted by atomic mass is 10.0. The number of hydrogen-bond donors (Lipinski definition) is 24. The Morgan fingerprint density at radius 2 is 0.464 bits per heavy atom. The van der Waals surface area contributed by atoms with Crippen LogP contribution in [0.25, 0.3) is 0 Å². The molecule has 476 valence electrons. The predicted octanol–water partition coefficient (Wildman–Crippen LogP) is -10.9. The van der Waals surface area contributed by atoms with Gasteiger partial charge in [-0.05, 0) is 89.9 Å². The van der Waals surface area contributed by atoms with Crippen LogP contribution < -0.4 is 123 Å². The first kappa shape index (κ1) is 75.0. The van der Waals surface area contributed by atoms with Gasteiger partial charge in [-0.1, -0.05) is 0 Å². The standard InChI is InChI=1S/C45H91N29O9S/c46-23(8-1-15-61-39(47)48)31(75)68-24(9-2-16-62-40(49)50)32(76)69-25(10-3-17-63-41(51)52)33(77)70-26(11-4-18-64-42(53)54)34(78)71-27(12-5-19-65-43(55)56)35(79)72-28(13-6-20-66-44(57)58)36(80)73-29(14-7-21-67-45(59)60)37(81)74-30(22-84)38(82)83/h23-30,84H,1-22,46H2,(H,68,75)(H,69,76)(H,70,77)(H,71,78)(H,72,79)(H,73,80)(H,74,81)(H,82,83)(H4,47,48,61)(H4,49,50,62)(H4,51,52,63)(H4,53,54,64)(H4,55,56,65)(H4,57,58,66)(H4,59,60,67)/t23-,24-,25-,26-,27-,28-,29-,30-/m0/s1. The summed E-state index contributed by atoms with van der Waals surface area (Å²) in [7, 11) is 0. The molecule has 0 bridgehead atoms. The van der Waals surface area contributed by atoms with Crippen molar-refractivity contribution < 1.29 is 43.5 Å². The number of carbonyl (C=O) groups is 8. The SMILES string of the molecule is NC(N)=NCCC[C@H](NC(=O)[C@H](CCCN=C(N)N)NC(=O)[C@H](CCCN=C(N)N)NC(=O)[C@H](CCCN=C(N)N)NC(=O)[C@H](CCCN=C(N)N)NC(=O)[C@H](CCCN=C(N)N)NC(=O)[C@@H](N)CCCN=C(N)N)C(=O)N[C@@H](CS)C(=O)O. The first-order valence-corrected chi connectivity index (χ1v) is 27.3. The predicted molar refractivity (Wildman–Crippen MR) is 322 cm³/mol. The van der Waals surface area contributed by atoms with Crippen molar-refractivity contribution in [2.24, 2.45) is 121 Å². The molecule has 0 saturated carbocycles. The van der Waals surface area contributed by atoms with E-state index in [1.165, 1.54) is 0 Å². The summed E-state index contributed by atoms with van der Waals surface area (Å²) in [6, 6.07) is -11.2. The maximum absolute atomic E-state index is 14.6. The number of guanidine groups is 7. The van der Waals surface area contributed by atoms with Gasteiger partial charge in [-0.2, -0.15) is 12.6 Å². The zero-order chi connectivity index (χ0) is 63.7. The van der Waals surface area contributed by atoms with Crippen LogP contribution in [0.2, 0.25) is 0 Å². The molecule has 0 unspecified atom stereocenters. The Balaban J connectivity index is 7.39. The molecule has 0 heterocycles. The zero-order valence-electron chi connectivity index (χ0n) is 47.1. The van der Waals surface area contributed by atoms with Crippen LogP contribution in [0.3, 0.4) is 0 Å². The largest absolute Gasteiger partial charge is 0.480 e. The van der Waals surface area contributed by atoms with Crippen molar-refractivity contribution in [3.8, 4) is 0 Å². The van der Waals surface area contributed by atoms with Crippen LogP contribution in [-0.2, 0) is 38.4 Å². The minimum absolute atomic E-state index is 0.00369. The van der Waals surface area contributed by atoms with E-state index in [1.807, 2.05) is 0 Å². The number of aliphatic imine (C=N–C) groups is 7. The minimum atomic E-state index is -1.50. The van der Waals surface area contributed by atoms with Gasteiger partial charge in [0.15, 0.2) is 41.7 Å². The zero-order valence-corrected chi connectivity index (χ0v) is 48.0. The highest BCUT2D eigenvalue weighted by atomic mass is 32.1. The third kappa shape index (κ3) is 36.3. The number of thiol groups is 1. The molecule has 7 amide bonds. The van der Waals surface area contributed by atoms with E-state index in [9.17, 15) is 43.5 Å². The summed E-state index contributed by atoms with van der Waals surface area (Å²) in [6.45, 7) is 0.162. The van der Waals surface area contributed by atoms with E-state index in [1.54, 1.807) is 0 Å². The molecule has 0 aromatic heterocycles. The molecule has 0 saturated heterocycles. The number of carbonyl (C=O) groups excluding carboxylic acids is 7. The molecule has 0 radical (unpaired) electrons. The molecule has 0 aromatic carbocycles. The lowest BCUT2D eigenvalue weighted by molar-refractivity contribution is -0.141. The number of rotatable bonds is 44. The summed E-state index contributed by atoms with van der Waals surface area (Å²) < 4.78 is 0. The van der Waals surface area contributed by atoms with Gasteiger partial charge >= 0.3 is 5.97 Å². The van der Waals surface area contributed by atoms with Crippen LogP contribution in [0.15, 0.2) is 34.9 Å². The van der Waals surface area contributed by atoms with E-state index in [4.69, 9.17) is 86.0 Å². The molecule has 0 aliphatic rings. The van der Waals surface area contributed by atoms with Gasteiger partial charge in [-0.3, -0.25) is 68.5 Å². The van der Waals surface area contributed by atoms with Crippen LogP contribution in [0.1, 0.15) is 89.9 Å². The summed E-state index contributed by atoms with van der Waals surface area (Å²) >= 11 is 4.00. The molecule has 0 rings (SSSR count). The fourth-order valence-electron chi connectivity index (χ4n) is 7.38. The van der Waals surface area contributed by atoms with Gasteiger partial charge < -0.3 is 128 Å². The monoisotopic (exact) mass is 1210 g/mol. The molecule has 8 atom stereocenters. The van der Waals surface area contributed by atoms with E-state index in [2.05, 4.69) is 84.8 Å². The Hall–Kier alpha value is -9.04. The number of nitrogens with two attached hydrogens (primary N) is 15. The Kier molecular flexibility index (Phi) is 38.2. The van der Waals surface area contributed by atoms with Crippen LogP contribution in [-0.4, -0.2) is 194 Å². The van der Waals surface area contributed by atoms with Gasteiger partial charge in [0.1, 0.15) is 42.3 Å². The molecule has 84 heavy (non-hydrogen) atoms. The number of aliphatic carboxylic acids is 1. The summed E-state index contributed by atoms with van der Waals surface area (Å²) in [5.41, 5.74) is 83.1. The maximum atomic E-state index is 14.6. The topological polar surface area (TPSA) is 718 Å². The van der Waals surface area contributed by atoms with Crippen LogP contribution in [0.4, 0.5) is 0 Å². The van der Waals surface area contributed by atoms with Gasteiger partial charge in [0.2, 0.25) is 41.4 Å². The Labute approximate surface area is 491 Å². The van der Waals surface area contributed by atoms with Crippen molar-refractivity contribution in [1.82, 2.24) is 37.2 Å². The molecule has 0 spiro atoms. The molecular formula is C45H91N29O9S. The molecule has 39 heteroatoms. The molecule has 38 nitrogen and oxygen atoms in total. The highest BCUT2D eigenvalue weighted by Gasteiger charge is 2.34. The first-order valence-electron chi connectivity index (χ1n) is 26.7. The molecule has 0 aliphatic carbocycles. The second kappa shape index (κ2) is 42.8. The third-order valence-corrected chi connectivity index (χ3v) is 11.9. The van der Waals surface area contributed by atoms with Crippen molar-refractivity contribution >= 4 is 102 Å². The number of amides is 7. The summed E-state index contributed by atoms with van der Waals surface area (Å²) in [5, 5.41) is 27.6. The van der Waals surface area contributed by atoms with Crippen LogP contribution >= 0.6 is 12.6 Å². The number of nitrogens with one attached hydrogen (secondary N) is 7. The summed E-state index contributed by atoms with van der Waals surface area (Å²) in [6.07, 6.45) is 0.236. The number of nitrogens with zero attached hydrogens (tertiary/aromatic N) is 7. The third-order valence-electron chi connectivity index (χ3n) is 11.6. The lowest BCUT2D eigenvalue weighted by Gasteiger charge is -2.28. The number of carboxylic acids is 1. The number of hydrogen-bond acceptors (Lipinski definition) is 17. The van der Waals surface area contributed by atoms with E-state index >= 15 is 0 Å². The second-order valence-electron chi connectivity index (χ2n) is 18.7. The fraction of sp³-hybridized carbons (Fsp3) is 0.667. The molecule has 38 N–H and O–H groups in total. The van der Waals surface area contributed by atoms with Crippen molar-refractivity contribution in [2.45, 2.75) is 138 Å². The van der Waals surface area contributed by atoms with Gasteiger partial charge in [-0.25, -0.2) is 4.79 Å². The van der Waals surface area contributed by atoms with Crippen molar-refractivity contribution in [2.75, 3.05) is 51.6 Å². The number of carboxylic acid groups (broad SMARTS) is 1. The van der Waals surface area contributed by atoms with Gasteiger partial charge in [-0.15, -0.1) is 0 Å². The average Bonchev–Trinajstić information content (AvgIpc) is 3.59. The van der Waals surface area contributed by atoms with Gasteiger partial charge in [0.05, 0.1) is 6.04 Å². The van der Waals surface area contributed by atoms with E-state index < -0.39 is 95.7 Å². The van der Waals surface area contributed by atoms with Crippen molar-refractivity contribution in [3.63, 3.8) is 0 Å². The molecule has 0 fully saturated rings. The first-order chi connectivity index (χ1) is 39.6. The van der Waals surface area contributed by atoms with E-state index in [0.29, 0.717) is 6.42 Å². The Morgan fingerprint density at radius 3 is 0.631 bits per heavy atom. The Morgan fingerprint density at radius 1 is 0.298 bits per heavy atom. The summed E-state index contributed by atoms with van der Waals surface area (Å²) in [5.74, 6) is -9.59. The summed E-state index contributed by atoms with van der Waals surface area (Å²) in [4.78, 5) is 138. The van der Waals surface area contributed by atoms with Crippen molar-refractivity contribution in [3.05, 3.63) is 0 Å². The fourth-order valence-corrected chi connectivity index (χ4v) is 7.63. The van der Waals surface area contributed by atoms with Crippen LogP contribution in [0.5, 0.6) is 0 Å². The van der Waals surface area contributed by atoms with E-state index in [-0.39, 0.29) is 177 Å². The van der Waals surface area contributed by atoms with Gasteiger partial charge in [0.25, 0.3) is 0 Å². The normalized spacial score (nSPS) is 13.5. The lowest BCUT2D eigenvalue weighted by Crippen LogP contribution is -2.60. The maximum Gasteiger partial charge on any atom is 0.327 e. The van der Waals surface area contributed by atoms with E-state index in [0.717, 1.165) is 0 Å². The quantitative estimate of drug-likeness (QED) is 0.0117. The second-order valence-corrected chi connectivity index (χ2v) is 19.1. The highest BCUT2D eigenvalue weighted by Crippen LogP contribution is 2.11. The average molecular weight is 1210 g/mol. The minimum Gasteiger partial charge on any atom is -0.480 e. The van der Waals surface area contributed by atoms with Gasteiger partial charge in [0, 0.05) is 51.6 Å². The smallest absolute Gasteiger partial charge is 0.327 e.